The molecule has 150 valence electrons. The zero-order valence-electron chi connectivity index (χ0n) is 15.6. The number of ketones is 1. The smallest absolute Gasteiger partial charge is 0.240 e. The highest BCUT2D eigenvalue weighted by molar-refractivity contribution is 8.15. The van der Waals surface area contributed by atoms with E-state index in [9.17, 15) is 9.59 Å². The van der Waals surface area contributed by atoms with Crippen molar-refractivity contribution in [3.05, 3.63) is 83.1 Å². The number of hydrogen-bond acceptors (Lipinski definition) is 6. The molecule has 0 spiro atoms. The summed E-state index contributed by atoms with van der Waals surface area (Å²) in [5, 5.41) is 11.1. The monoisotopic (exact) mass is 437 g/mol. The fourth-order valence-corrected chi connectivity index (χ4v) is 3.88. The van der Waals surface area contributed by atoms with Gasteiger partial charge in [0.25, 0.3) is 0 Å². The van der Waals surface area contributed by atoms with Gasteiger partial charge in [0.05, 0.1) is 11.5 Å². The maximum Gasteiger partial charge on any atom is 0.240 e. The number of nitrogens with zero attached hydrogens (tertiary/aromatic N) is 2. The third-order valence-corrected chi connectivity index (χ3v) is 5.66. The van der Waals surface area contributed by atoms with Crippen molar-refractivity contribution < 1.29 is 14.0 Å². The molecule has 1 aromatic heterocycles. The number of thioether (sulfide) groups is 1. The predicted octanol–water partition coefficient (Wildman–Crippen LogP) is 4.79. The summed E-state index contributed by atoms with van der Waals surface area (Å²) in [6, 6.07) is 19.8. The van der Waals surface area contributed by atoms with Crippen molar-refractivity contribution in [2.24, 2.45) is 10.2 Å². The van der Waals surface area contributed by atoms with E-state index in [2.05, 4.69) is 15.5 Å². The van der Waals surface area contributed by atoms with Crippen LogP contribution in [0.3, 0.4) is 0 Å². The topological polar surface area (TPSA) is 84.0 Å². The molecule has 1 aliphatic heterocycles. The molecule has 1 fully saturated rings. The summed E-state index contributed by atoms with van der Waals surface area (Å²) in [4.78, 5) is 24.4. The molecular weight excluding hydrogens is 422 g/mol. The lowest BCUT2D eigenvalue weighted by Gasteiger charge is -2.04. The quantitative estimate of drug-likeness (QED) is 0.341. The average molecular weight is 438 g/mol. The highest BCUT2D eigenvalue weighted by Gasteiger charge is 2.32. The van der Waals surface area contributed by atoms with Crippen LogP contribution in [0.4, 0.5) is 0 Å². The number of benzene rings is 2. The van der Waals surface area contributed by atoms with E-state index < -0.39 is 5.25 Å². The van der Waals surface area contributed by atoms with Gasteiger partial charge in [-0.3, -0.25) is 9.59 Å². The molecule has 1 unspecified atom stereocenters. The normalized spacial score (nSPS) is 17.6. The van der Waals surface area contributed by atoms with Crippen molar-refractivity contribution in [2.75, 3.05) is 0 Å². The molecule has 1 saturated heterocycles. The Bertz CT molecular complexity index is 1120. The summed E-state index contributed by atoms with van der Waals surface area (Å²) in [6.07, 6.45) is 1.56. The van der Waals surface area contributed by atoms with Crippen molar-refractivity contribution >= 4 is 46.4 Å². The first-order valence-electron chi connectivity index (χ1n) is 9.11. The van der Waals surface area contributed by atoms with Crippen molar-refractivity contribution in [3.63, 3.8) is 0 Å². The number of furan rings is 1. The number of nitrogens with one attached hydrogen (secondary N) is 1. The van der Waals surface area contributed by atoms with Crippen molar-refractivity contribution in [1.29, 1.82) is 0 Å². The zero-order chi connectivity index (χ0) is 20.9. The van der Waals surface area contributed by atoms with Crippen LogP contribution in [0.1, 0.15) is 22.5 Å². The minimum atomic E-state index is -0.522. The lowest BCUT2D eigenvalue weighted by atomic mass is 10.1. The van der Waals surface area contributed by atoms with Crippen LogP contribution in [0.5, 0.6) is 0 Å². The molecule has 8 heteroatoms. The molecule has 3 aromatic rings. The average Bonchev–Trinajstić information content (AvgIpc) is 3.36. The lowest BCUT2D eigenvalue weighted by molar-refractivity contribution is -0.118. The molecule has 6 nitrogen and oxygen atoms in total. The minimum absolute atomic E-state index is 0.0849. The van der Waals surface area contributed by atoms with Gasteiger partial charge in [0.15, 0.2) is 11.0 Å². The van der Waals surface area contributed by atoms with Gasteiger partial charge < -0.3 is 9.73 Å². The van der Waals surface area contributed by atoms with Crippen LogP contribution in [0.2, 0.25) is 5.02 Å². The second kappa shape index (κ2) is 9.11. The van der Waals surface area contributed by atoms with Gasteiger partial charge in [-0.05, 0) is 36.4 Å². The molecule has 0 saturated carbocycles. The highest BCUT2D eigenvalue weighted by Crippen LogP contribution is 2.25. The maximum atomic E-state index is 12.3. The van der Waals surface area contributed by atoms with Crippen molar-refractivity contribution in [2.45, 2.75) is 11.7 Å². The molecule has 2 heterocycles. The molecule has 0 radical (unpaired) electrons. The first-order valence-corrected chi connectivity index (χ1v) is 10.4. The lowest BCUT2D eigenvalue weighted by Crippen LogP contribution is -2.26. The molecular formula is C22H16ClN3O3S. The highest BCUT2D eigenvalue weighted by atomic mass is 35.5. The molecule has 1 aliphatic rings. The van der Waals surface area contributed by atoms with E-state index in [1.54, 1.807) is 42.5 Å². The Morgan fingerprint density at radius 1 is 1.10 bits per heavy atom. The van der Waals surface area contributed by atoms with E-state index in [1.807, 2.05) is 24.3 Å². The third kappa shape index (κ3) is 4.87. The van der Waals surface area contributed by atoms with Crippen LogP contribution in [-0.4, -0.2) is 28.3 Å². The third-order valence-electron chi connectivity index (χ3n) is 4.33. The second-order valence-corrected chi connectivity index (χ2v) is 8.08. The zero-order valence-corrected chi connectivity index (χ0v) is 17.2. The number of carbonyl (C=O) groups is 2. The van der Waals surface area contributed by atoms with Crippen molar-refractivity contribution in [3.8, 4) is 11.3 Å². The van der Waals surface area contributed by atoms with Crippen LogP contribution < -0.4 is 5.32 Å². The molecule has 2 aromatic carbocycles. The Morgan fingerprint density at radius 3 is 2.63 bits per heavy atom. The largest absolute Gasteiger partial charge is 0.455 e. The number of hydrogen-bond donors (Lipinski definition) is 1. The summed E-state index contributed by atoms with van der Waals surface area (Å²) >= 11 is 7.09. The molecule has 0 aliphatic carbocycles. The van der Waals surface area contributed by atoms with Gasteiger partial charge in [-0.15, -0.1) is 5.10 Å². The van der Waals surface area contributed by atoms with Crippen LogP contribution in [0.25, 0.3) is 11.3 Å². The number of carbonyl (C=O) groups excluding carboxylic acids is 2. The summed E-state index contributed by atoms with van der Waals surface area (Å²) in [7, 11) is 0. The van der Waals surface area contributed by atoms with Crippen LogP contribution in [0, 0.1) is 0 Å². The van der Waals surface area contributed by atoms with E-state index in [0.29, 0.717) is 27.3 Å². The molecule has 1 amide bonds. The van der Waals surface area contributed by atoms with E-state index >= 15 is 0 Å². The summed E-state index contributed by atoms with van der Waals surface area (Å²) < 4.78 is 5.72. The first-order chi connectivity index (χ1) is 14.6. The number of Topliss-reactive ketones (excluding diaryl/α,β-unsaturated/α-hetero) is 1. The van der Waals surface area contributed by atoms with Gasteiger partial charge >= 0.3 is 0 Å². The SMILES string of the molecule is O=C(CC1S/C(=N/N=C/c2ccc(-c3ccc(Cl)cc3)o2)NC1=O)c1ccccc1. The molecule has 1 atom stereocenters. The van der Waals surface area contributed by atoms with Crippen LogP contribution in [0.15, 0.2) is 81.4 Å². The Hall–Kier alpha value is -3.16. The fourth-order valence-electron chi connectivity index (χ4n) is 2.83. The van der Waals surface area contributed by atoms with Gasteiger partial charge in [-0.25, -0.2) is 0 Å². The van der Waals surface area contributed by atoms with Crippen molar-refractivity contribution in [1.82, 2.24) is 5.32 Å². The Morgan fingerprint density at radius 2 is 1.87 bits per heavy atom. The predicted molar refractivity (Wildman–Crippen MR) is 119 cm³/mol. The van der Waals surface area contributed by atoms with E-state index in [4.69, 9.17) is 16.0 Å². The molecule has 1 N–H and O–H groups in total. The Kier molecular flexibility index (Phi) is 6.11. The van der Waals surface area contributed by atoms with E-state index in [-0.39, 0.29) is 18.1 Å². The van der Waals surface area contributed by atoms with Gasteiger partial charge in [0.1, 0.15) is 11.5 Å². The van der Waals surface area contributed by atoms with Gasteiger partial charge in [0.2, 0.25) is 5.91 Å². The maximum absolute atomic E-state index is 12.3. The van der Waals surface area contributed by atoms with Gasteiger partial charge in [-0.1, -0.05) is 53.7 Å². The van der Waals surface area contributed by atoms with E-state index in [0.717, 1.165) is 5.56 Å². The second-order valence-electron chi connectivity index (χ2n) is 6.45. The first kappa shape index (κ1) is 20.1. The number of amidine groups is 1. The minimum Gasteiger partial charge on any atom is -0.455 e. The summed E-state index contributed by atoms with van der Waals surface area (Å²) in [5.41, 5.74) is 1.48. The Labute approximate surface area is 182 Å². The van der Waals surface area contributed by atoms with Crippen LogP contribution in [-0.2, 0) is 4.79 Å². The molecule has 4 rings (SSSR count). The summed E-state index contributed by atoms with van der Waals surface area (Å²) in [6.45, 7) is 0. The molecule has 0 bridgehead atoms. The number of rotatable bonds is 6. The van der Waals surface area contributed by atoms with Crippen LogP contribution >= 0.6 is 23.4 Å². The number of amides is 1. The van der Waals surface area contributed by atoms with E-state index in [1.165, 1.54) is 18.0 Å². The van der Waals surface area contributed by atoms with Gasteiger partial charge in [-0.2, -0.15) is 5.10 Å². The Balaban J connectivity index is 1.36. The standard InChI is InChI=1S/C22H16ClN3O3S/c23-16-8-6-15(7-9-16)19-11-10-17(29-19)13-24-26-22-25-21(28)20(30-22)12-18(27)14-4-2-1-3-5-14/h1-11,13,20H,12H2,(H,25,26,28)/b24-13+. The summed E-state index contributed by atoms with van der Waals surface area (Å²) in [5.74, 6) is 0.873. The number of halogens is 1. The van der Waals surface area contributed by atoms with Gasteiger partial charge in [0, 0.05) is 22.6 Å². The molecule has 30 heavy (non-hydrogen) atoms. The fraction of sp³-hybridized carbons (Fsp3) is 0.0909.